The van der Waals surface area contributed by atoms with E-state index in [1.165, 1.54) is 0 Å². The predicted molar refractivity (Wildman–Crippen MR) is 84.1 cm³/mol. The molecule has 2 aromatic heterocycles. The molecule has 5 nitrogen and oxygen atoms in total. The Kier molecular flexibility index (Phi) is 3.81. The van der Waals surface area contributed by atoms with Gasteiger partial charge in [-0.1, -0.05) is 23.7 Å². The van der Waals surface area contributed by atoms with Gasteiger partial charge in [0, 0.05) is 22.3 Å². The van der Waals surface area contributed by atoms with Gasteiger partial charge in [-0.3, -0.25) is 0 Å². The summed E-state index contributed by atoms with van der Waals surface area (Å²) in [4.78, 5) is 16.1. The van der Waals surface area contributed by atoms with Crippen LogP contribution in [0.4, 0.5) is 0 Å². The number of aromatic nitrogens is 3. The standard InChI is InChI=1S/C16H14ClN3O2/c1-3-22-16(21)14-8-10(2)20-15(18-14)9-13(19-20)11-4-6-12(17)7-5-11/h4-9H,3H2,1-2H3. The Morgan fingerprint density at radius 3 is 2.68 bits per heavy atom. The van der Waals surface area contributed by atoms with Gasteiger partial charge in [0.2, 0.25) is 0 Å². The van der Waals surface area contributed by atoms with Crippen molar-refractivity contribution in [1.29, 1.82) is 0 Å². The van der Waals surface area contributed by atoms with Gasteiger partial charge in [-0.2, -0.15) is 5.10 Å². The third-order valence-electron chi connectivity index (χ3n) is 3.23. The van der Waals surface area contributed by atoms with Crippen molar-refractivity contribution in [3.63, 3.8) is 0 Å². The van der Waals surface area contributed by atoms with E-state index < -0.39 is 5.97 Å². The van der Waals surface area contributed by atoms with E-state index in [4.69, 9.17) is 16.3 Å². The van der Waals surface area contributed by atoms with E-state index >= 15 is 0 Å². The van der Waals surface area contributed by atoms with Crippen molar-refractivity contribution in [2.24, 2.45) is 0 Å². The van der Waals surface area contributed by atoms with Crippen LogP contribution >= 0.6 is 11.6 Å². The second-order valence-corrected chi connectivity index (χ2v) is 5.25. The number of aryl methyl sites for hydroxylation is 1. The number of ether oxygens (including phenoxy) is 1. The first-order valence-corrected chi connectivity index (χ1v) is 7.27. The van der Waals surface area contributed by atoms with Crippen molar-refractivity contribution in [2.45, 2.75) is 13.8 Å². The van der Waals surface area contributed by atoms with Gasteiger partial charge in [-0.15, -0.1) is 0 Å². The second kappa shape index (κ2) is 5.77. The number of fused-ring (bicyclic) bond motifs is 1. The van der Waals surface area contributed by atoms with Crippen LogP contribution in [0.1, 0.15) is 23.1 Å². The number of benzene rings is 1. The monoisotopic (exact) mass is 315 g/mol. The van der Waals surface area contributed by atoms with Crippen LogP contribution < -0.4 is 0 Å². The van der Waals surface area contributed by atoms with Gasteiger partial charge >= 0.3 is 5.97 Å². The van der Waals surface area contributed by atoms with Crippen LogP contribution in [-0.4, -0.2) is 27.2 Å². The van der Waals surface area contributed by atoms with E-state index in [0.29, 0.717) is 17.3 Å². The molecule has 0 aliphatic heterocycles. The zero-order valence-electron chi connectivity index (χ0n) is 12.2. The summed E-state index contributed by atoms with van der Waals surface area (Å²) in [5.74, 6) is -0.428. The summed E-state index contributed by atoms with van der Waals surface area (Å²) in [6, 6.07) is 10.9. The number of carbonyl (C=O) groups is 1. The van der Waals surface area contributed by atoms with Gasteiger partial charge in [-0.25, -0.2) is 14.3 Å². The molecule has 0 spiro atoms. The smallest absolute Gasteiger partial charge is 0.357 e. The highest BCUT2D eigenvalue weighted by Crippen LogP contribution is 2.22. The molecule has 0 aliphatic rings. The lowest BCUT2D eigenvalue weighted by molar-refractivity contribution is 0.0519. The van der Waals surface area contributed by atoms with Gasteiger partial charge < -0.3 is 4.74 Å². The molecule has 0 unspecified atom stereocenters. The van der Waals surface area contributed by atoms with Gasteiger partial charge in [-0.05, 0) is 32.0 Å². The van der Waals surface area contributed by atoms with E-state index in [1.54, 1.807) is 17.5 Å². The minimum Gasteiger partial charge on any atom is -0.461 e. The molecule has 0 radical (unpaired) electrons. The summed E-state index contributed by atoms with van der Waals surface area (Å²) in [5, 5.41) is 5.19. The number of rotatable bonds is 3. The molecule has 3 aromatic rings. The highest BCUT2D eigenvalue weighted by molar-refractivity contribution is 6.30. The molecule has 3 rings (SSSR count). The Bertz CT molecular complexity index is 840. The SMILES string of the molecule is CCOC(=O)c1cc(C)n2nc(-c3ccc(Cl)cc3)cc2n1. The number of carbonyl (C=O) groups excluding carboxylic acids is 1. The van der Waals surface area contributed by atoms with Gasteiger partial charge in [0.25, 0.3) is 0 Å². The lowest BCUT2D eigenvalue weighted by Crippen LogP contribution is -2.09. The summed E-state index contributed by atoms with van der Waals surface area (Å²) in [6.07, 6.45) is 0. The van der Waals surface area contributed by atoms with Crippen molar-refractivity contribution < 1.29 is 9.53 Å². The van der Waals surface area contributed by atoms with Crippen molar-refractivity contribution >= 4 is 23.2 Å². The Morgan fingerprint density at radius 1 is 1.27 bits per heavy atom. The maximum atomic E-state index is 11.8. The summed E-state index contributed by atoms with van der Waals surface area (Å²) < 4.78 is 6.69. The minimum atomic E-state index is -0.428. The van der Waals surface area contributed by atoms with E-state index in [2.05, 4.69) is 10.1 Å². The molecule has 0 aliphatic carbocycles. The van der Waals surface area contributed by atoms with Crippen molar-refractivity contribution in [3.8, 4) is 11.3 Å². The molecule has 6 heteroatoms. The number of hydrogen-bond donors (Lipinski definition) is 0. The quantitative estimate of drug-likeness (QED) is 0.694. The molecule has 0 saturated heterocycles. The van der Waals surface area contributed by atoms with Crippen LogP contribution in [-0.2, 0) is 4.74 Å². The topological polar surface area (TPSA) is 56.5 Å². The largest absolute Gasteiger partial charge is 0.461 e. The Hall–Kier alpha value is -2.40. The van der Waals surface area contributed by atoms with E-state index in [0.717, 1.165) is 17.0 Å². The van der Waals surface area contributed by atoms with Crippen molar-refractivity contribution in [1.82, 2.24) is 14.6 Å². The lowest BCUT2D eigenvalue weighted by Gasteiger charge is -2.03. The number of halogens is 1. The Balaban J connectivity index is 2.07. The summed E-state index contributed by atoms with van der Waals surface area (Å²) in [6.45, 7) is 3.96. The van der Waals surface area contributed by atoms with Crippen molar-refractivity contribution in [2.75, 3.05) is 6.61 Å². The van der Waals surface area contributed by atoms with Crippen LogP contribution in [0.15, 0.2) is 36.4 Å². The average Bonchev–Trinajstić information content (AvgIpc) is 2.93. The summed E-state index contributed by atoms with van der Waals surface area (Å²) in [5.41, 5.74) is 3.41. The second-order valence-electron chi connectivity index (χ2n) is 4.81. The van der Waals surface area contributed by atoms with E-state index in [9.17, 15) is 4.79 Å². The molecule has 0 N–H and O–H groups in total. The first-order chi connectivity index (χ1) is 10.6. The predicted octanol–water partition coefficient (Wildman–Crippen LogP) is 3.53. The zero-order chi connectivity index (χ0) is 15.7. The fraction of sp³-hybridized carbons (Fsp3) is 0.188. The lowest BCUT2D eigenvalue weighted by atomic mass is 10.2. The van der Waals surface area contributed by atoms with E-state index in [-0.39, 0.29) is 5.69 Å². The van der Waals surface area contributed by atoms with Gasteiger partial charge in [0.15, 0.2) is 11.3 Å². The Morgan fingerprint density at radius 2 is 2.00 bits per heavy atom. The maximum Gasteiger partial charge on any atom is 0.357 e. The van der Waals surface area contributed by atoms with Gasteiger partial charge in [0.1, 0.15) is 0 Å². The average molecular weight is 316 g/mol. The van der Waals surface area contributed by atoms with Crippen LogP contribution in [0.2, 0.25) is 5.02 Å². The minimum absolute atomic E-state index is 0.286. The third-order valence-corrected chi connectivity index (χ3v) is 3.48. The molecule has 2 heterocycles. The molecule has 0 atom stereocenters. The fourth-order valence-corrected chi connectivity index (χ4v) is 2.32. The molecule has 0 saturated carbocycles. The maximum absolute atomic E-state index is 11.8. The molecular formula is C16H14ClN3O2. The van der Waals surface area contributed by atoms with Crippen LogP contribution in [0, 0.1) is 6.92 Å². The van der Waals surface area contributed by atoms with Gasteiger partial charge in [0.05, 0.1) is 12.3 Å². The third kappa shape index (κ3) is 2.67. The van der Waals surface area contributed by atoms with Crippen LogP contribution in [0.5, 0.6) is 0 Å². The molecular weight excluding hydrogens is 302 g/mol. The molecule has 0 fully saturated rings. The van der Waals surface area contributed by atoms with E-state index in [1.807, 2.05) is 37.3 Å². The fourth-order valence-electron chi connectivity index (χ4n) is 2.20. The molecule has 0 amide bonds. The highest BCUT2D eigenvalue weighted by atomic mass is 35.5. The molecule has 0 bridgehead atoms. The first kappa shape index (κ1) is 14.5. The zero-order valence-corrected chi connectivity index (χ0v) is 13.0. The van der Waals surface area contributed by atoms with Crippen LogP contribution in [0.3, 0.4) is 0 Å². The number of nitrogens with zero attached hydrogens (tertiary/aromatic N) is 3. The number of hydrogen-bond acceptors (Lipinski definition) is 4. The van der Waals surface area contributed by atoms with Crippen molar-refractivity contribution in [3.05, 3.63) is 52.8 Å². The summed E-state index contributed by atoms with van der Waals surface area (Å²) >= 11 is 5.90. The molecule has 112 valence electrons. The molecule has 1 aromatic carbocycles. The number of esters is 1. The highest BCUT2D eigenvalue weighted by Gasteiger charge is 2.14. The Labute approximate surface area is 132 Å². The molecule has 22 heavy (non-hydrogen) atoms. The van der Waals surface area contributed by atoms with Crippen LogP contribution in [0.25, 0.3) is 16.9 Å². The first-order valence-electron chi connectivity index (χ1n) is 6.89. The summed E-state index contributed by atoms with van der Waals surface area (Å²) in [7, 11) is 0. The normalized spacial score (nSPS) is 10.9.